The standard InChI is InChI=1S/C25H25N3O2/c1-5-30-24-11-9-22(10-12-24)27-25(29)21(16-26)15-20-14-18(3)28(19(20)4)23-8-6-7-17(2)13-23/h6-15H,5H2,1-4H3,(H,27,29)/b21-15-. The highest BCUT2D eigenvalue weighted by molar-refractivity contribution is 6.09. The zero-order chi connectivity index (χ0) is 21.7. The zero-order valence-electron chi connectivity index (χ0n) is 17.7. The minimum absolute atomic E-state index is 0.0494. The van der Waals surface area contributed by atoms with Crippen molar-refractivity contribution in [1.29, 1.82) is 5.26 Å². The van der Waals surface area contributed by atoms with Crippen LogP contribution in [0, 0.1) is 32.1 Å². The van der Waals surface area contributed by atoms with Gasteiger partial charge in [0, 0.05) is 22.8 Å². The van der Waals surface area contributed by atoms with Crippen molar-refractivity contribution in [1.82, 2.24) is 4.57 Å². The van der Waals surface area contributed by atoms with Crippen molar-refractivity contribution in [3.8, 4) is 17.5 Å². The maximum atomic E-state index is 12.6. The first kappa shape index (κ1) is 20.9. The molecule has 5 heteroatoms. The first-order valence-electron chi connectivity index (χ1n) is 9.85. The van der Waals surface area contributed by atoms with Crippen molar-refractivity contribution in [2.75, 3.05) is 11.9 Å². The van der Waals surface area contributed by atoms with Crippen LogP contribution in [0.1, 0.15) is 29.4 Å². The second-order valence-corrected chi connectivity index (χ2v) is 7.08. The molecule has 0 aliphatic carbocycles. The van der Waals surface area contributed by atoms with Crippen LogP contribution >= 0.6 is 0 Å². The van der Waals surface area contributed by atoms with Gasteiger partial charge in [-0.05, 0) is 87.4 Å². The number of aromatic nitrogens is 1. The summed E-state index contributed by atoms with van der Waals surface area (Å²) in [5, 5.41) is 12.3. The van der Waals surface area contributed by atoms with Gasteiger partial charge in [0.25, 0.3) is 5.91 Å². The van der Waals surface area contributed by atoms with Gasteiger partial charge in [0.2, 0.25) is 0 Å². The Morgan fingerprint density at radius 2 is 1.87 bits per heavy atom. The smallest absolute Gasteiger partial charge is 0.266 e. The van der Waals surface area contributed by atoms with E-state index in [0.717, 1.165) is 28.4 Å². The Labute approximate surface area is 177 Å². The van der Waals surface area contributed by atoms with Gasteiger partial charge in [-0.2, -0.15) is 5.26 Å². The number of rotatable bonds is 6. The molecule has 0 radical (unpaired) electrons. The van der Waals surface area contributed by atoms with E-state index in [1.54, 1.807) is 30.3 Å². The maximum absolute atomic E-state index is 12.6. The van der Waals surface area contributed by atoms with Crippen LogP contribution in [0.2, 0.25) is 0 Å². The van der Waals surface area contributed by atoms with Gasteiger partial charge in [-0.15, -0.1) is 0 Å². The molecule has 30 heavy (non-hydrogen) atoms. The molecule has 3 aromatic rings. The third-order valence-corrected chi connectivity index (χ3v) is 4.82. The molecule has 0 spiro atoms. The van der Waals surface area contributed by atoms with Crippen molar-refractivity contribution in [2.45, 2.75) is 27.7 Å². The molecule has 0 bridgehead atoms. The van der Waals surface area contributed by atoms with Crippen molar-refractivity contribution < 1.29 is 9.53 Å². The zero-order valence-corrected chi connectivity index (χ0v) is 17.7. The van der Waals surface area contributed by atoms with Gasteiger partial charge in [-0.3, -0.25) is 4.79 Å². The van der Waals surface area contributed by atoms with Gasteiger partial charge < -0.3 is 14.6 Å². The Kier molecular flexibility index (Phi) is 6.38. The normalized spacial score (nSPS) is 11.1. The van der Waals surface area contributed by atoms with E-state index in [2.05, 4.69) is 28.9 Å². The average Bonchev–Trinajstić information content (AvgIpc) is 3.00. The number of hydrogen-bond acceptors (Lipinski definition) is 3. The van der Waals surface area contributed by atoms with Crippen LogP contribution in [0.5, 0.6) is 5.75 Å². The van der Waals surface area contributed by atoms with Crippen LogP contribution in [0.25, 0.3) is 11.8 Å². The van der Waals surface area contributed by atoms with Gasteiger partial charge >= 0.3 is 0 Å². The molecule has 0 fully saturated rings. The summed E-state index contributed by atoms with van der Waals surface area (Å²) in [6.07, 6.45) is 1.64. The van der Waals surface area contributed by atoms with Crippen LogP contribution in [0.4, 0.5) is 5.69 Å². The van der Waals surface area contributed by atoms with Crippen LogP contribution in [0.3, 0.4) is 0 Å². The van der Waals surface area contributed by atoms with Gasteiger partial charge in [0.05, 0.1) is 6.61 Å². The summed E-state index contributed by atoms with van der Waals surface area (Å²) in [5.74, 6) is 0.289. The Morgan fingerprint density at radius 3 is 2.50 bits per heavy atom. The largest absolute Gasteiger partial charge is 0.494 e. The van der Waals surface area contributed by atoms with Crippen molar-refractivity contribution in [3.63, 3.8) is 0 Å². The maximum Gasteiger partial charge on any atom is 0.266 e. The summed E-state index contributed by atoms with van der Waals surface area (Å²) >= 11 is 0. The van der Waals surface area contributed by atoms with Gasteiger partial charge in [0.15, 0.2) is 0 Å². The topological polar surface area (TPSA) is 67.0 Å². The highest BCUT2D eigenvalue weighted by atomic mass is 16.5. The van der Waals surface area contributed by atoms with Crippen molar-refractivity contribution >= 4 is 17.7 Å². The second kappa shape index (κ2) is 9.15. The minimum atomic E-state index is -0.443. The van der Waals surface area contributed by atoms with E-state index in [9.17, 15) is 10.1 Å². The molecule has 1 aromatic heterocycles. The molecule has 0 saturated carbocycles. The third kappa shape index (κ3) is 4.61. The molecule has 152 valence electrons. The molecule has 0 aliphatic rings. The molecule has 0 saturated heterocycles. The quantitative estimate of drug-likeness (QED) is 0.449. The lowest BCUT2D eigenvalue weighted by molar-refractivity contribution is -0.112. The third-order valence-electron chi connectivity index (χ3n) is 4.82. The van der Waals surface area contributed by atoms with E-state index >= 15 is 0 Å². The Hall–Kier alpha value is -3.78. The Morgan fingerprint density at radius 1 is 1.13 bits per heavy atom. The summed E-state index contributed by atoms with van der Waals surface area (Å²) < 4.78 is 7.53. The van der Waals surface area contributed by atoms with Gasteiger partial charge in [-0.25, -0.2) is 0 Å². The Bertz CT molecular complexity index is 1130. The summed E-state index contributed by atoms with van der Waals surface area (Å²) in [5.41, 5.74) is 5.73. The number of hydrogen-bond donors (Lipinski definition) is 1. The molecule has 1 N–H and O–H groups in total. The molecule has 1 amide bonds. The van der Waals surface area contributed by atoms with Crippen LogP contribution in [-0.4, -0.2) is 17.1 Å². The number of carbonyl (C=O) groups is 1. The lowest BCUT2D eigenvalue weighted by atomic mass is 10.1. The predicted octanol–water partition coefficient (Wildman–Crippen LogP) is 5.35. The van der Waals surface area contributed by atoms with E-state index in [1.165, 1.54) is 5.56 Å². The van der Waals surface area contributed by atoms with E-state index in [1.807, 2.05) is 45.0 Å². The van der Waals surface area contributed by atoms with E-state index in [-0.39, 0.29) is 5.57 Å². The first-order chi connectivity index (χ1) is 14.4. The number of nitriles is 1. The number of benzene rings is 2. The molecule has 2 aromatic carbocycles. The molecule has 0 aliphatic heterocycles. The van der Waals surface area contributed by atoms with Crippen LogP contribution < -0.4 is 10.1 Å². The van der Waals surface area contributed by atoms with E-state index in [4.69, 9.17) is 4.74 Å². The van der Waals surface area contributed by atoms with Crippen molar-refractivity contribution in [3.05, 3.63) is 82.7 Å². The van der Waals surface area contributed by atoms with Crippen molar-refractivity contribution in [2.24, 2.45) is 0 Å². The predicted molar refractivity (Wildman–Crippen MR) is 120 cm³/mol. The lowest BCUT2D eigenvalue weighted by Crippen LogP contribution is -2.13. The highest BCUT2D eigenvalue weighted by Gasteiger charge is 2.14. The van der Waals surface area contributed by atoms with Gasteiger partial charge in [-0.1, -0.05) is 12.1 Å². The second-order valence-electron chi connectivity index (χ2n) is 7.08. The average molecular weight is 399 g/mol. The number of carbonyl (C=O) groups excluding carboxylic acids is 1. The number of aryl methyl sites for hydroxylation is 2. The summed E-state index contributed by atoms with van der Waals surface area (Å²) in [7, 11) is 0. The number of nitrogens with one attached hydrogen (secondary N) is 1. The molecule has 3 rings (SSSR count). The minimum Gasteiger partial charge on any atom is -0.494 e. The van der Waals surface area contributed by atoms with Gasteiger partial charge in [0.1, 0.15) is 17.4 Å². The first-order valence-corrected chi connectivity index (χ1v) is 9.85. The van der Waals surface area contributed by atoms with E-state index < -0.39 is 5.91 Å². The van der Waals surface area contributed by atoms with Crippen LogP contribution in [0.15, 0.2) is 60.2 Å². The molecular formula is C25H25N3O2. The fourth-order valence-corrected chi connectivity index (χ4v) is 3.40. The molecule has 0 atom stereocenters. The Balaban J connectivity index is 1.86. The highest BCUT2D eigenvalue weighted by Crippen LogP contribution is 2.24. The molecular weight excluding hydrogens is 374 g/mol. The summed E-state index contributed by atoms with van der Waals surface area (Å²) in [4.78, 5) is 12.6. The monoisotopic (exact) mass is 399 g/mol. The SMILES string of the molecule is CCOc1ccc(NC(=O)/C(C#N)=C\c2cc(C)n(-c3cccc(C)c3)c2C)cc1. The number of ether oxygens (including phenoxy) is 1. The van der Waals surface area contributed by atoms with E-state index in [0.29, 0.717) is 12.3 Å². The summed E-state index contributed by atoms with van der Waals surface area (Å²) in [6, 6.07) is 19.3. The molecule has 0 unspecified atom stereocenters. The number of amides is 1. The fraction of sp³-hybridized carbons (Fsp3) is 0.200. The summed E-state index contributed by atoms with van der Waals surface area (Å²) in [6.45, 7) is 8.54. The molecule has 5 nitrogen and oxygen atoms in total. The number of anilines is 1. The number of nitrogens with zero attached hydrogens (tertiary/aromatic N) is 2. The lowest BCUT2D eigenvalue weighted by Gasteiger charge is -2.10. The molecule has 1 heterocycles. The van der Waals surface area contributed by atoms with Crippen LogP contribution in [-0.2, 0) is 4.79 Å². The fourth-order valence-electron chi connectivity index (χ4n) is 3.40.